The zero-order chi connectivity index (χ0) is 19.1. The van der Waals surface area contributed by atoms with Gasteiger partial charge in [0.15, 0.2) is 4.34 Å². The zero-order valence-corrected chi connectivity index (χ0v) is 16.5. The molecule has 0 fully saturated rings. The fraction of sp³-hybridized carbons (Fsp3) is 0.167. The number of thioether (sulfide) groups is 1. The number of furan rings is 1. The molecule has 140 valence electrons. The number of halogens is 1. The third-order valence-corrected chi connectivity index (χ3v) is 5.69. The van der Waals surface area contributed by atoms with E-state index in [9.17, 15) is 9.59 Å². The molecule has 2 heterocycles. The molecule has 0 bridgehead atoms. The van der Waals surface area contributed by atoms with Crippen LogP contribution in [0.1, 0.15) is 11.5 Å². The smallest absolute Gasteiger partial charge is 0.234 e. The van der Waals surface area contributed by atoms with Crippen LogP contribution in [0.3, 0.4) is 0 Å². The van der Waals surface area contributed by atoms with E-state index in [0.29, 0.717) is 28.7 Å². The van der Waals surface area contributed by atoms with Gasteiger partial charge in [-0.05, 0) is 36.4 Å². The first-order valence-electron chi connectivity index (χ1n) is 8.00. The summed E-state index contributed by atoms with van der Waals surface area (Å²) in [7, 11) is 0. The Hall–Kier alpha value is -2.29. The highest BCUT2D eigenvalue weighted by Crippen LogP contribution is 2.23. The minimum absolute atomic E-state index is 0.129. The van der Waals surface area contributed by atoms with Gasteiger partial charge in [0.1, 0.15) is 5.76 Å². The predicted molar refractivity (Wildman–Crippen MR) is 107 cm³/mol. The molecule has 0 saturated heterocycles. The molecule has 2 N–H and O–H groups in total. The van der Waals surface area contributed by atoms with Crippen molar-refractivity contribution in [3.63, 3.8) is 0 Å². The lowest BCUT2D eigenvalue weighted by atomic mass is 10.3. The van der Waals surface area contributed by atoms with Crippen LogP contribution in [-0.4, -0.2) is 22.6 Å². The fourth-order valence-electron chi connectivity index (χ4n) is 2.12. The number of thiazole rings is 1. The zero-order valence-electron chi connectivity index (χ0n) is 14.1. The van der Waals surface area contributed by atoms with Crippen molar-refractivity contribution in [1.82, 2.24) is 10.3 Å². The number of amides is 2. The Bertz CT molecular complexity index is 895. The van der Waals surface area contributed by atoms with Crippen LogP contribution in [0, 0.1) is 0 Å². The molecule has 2 amide bonds. The Labute approximate surface area is 169 Å². The number of anilines is 1. The topological polar surface area (TPSA) is 84.2 Å². The third kappa shape index (κ3) is 6.42. The summed E-state index contributed by atoms with van der Waals surface area (Å²) in [4.78, 5) is 28.3. The Morgan fingerprint density at radius 3 is 2.74 bits per heavy atom. The second-order valence-corrected chi connectivity index (χ2v) is 8.00. The maximum absolute atomic E-state index is 12.0. The third-order valence-electron chi connectivity index (χ3n) is 3.37. The summed E-state index contributed by atoms with van der Waals surface area (Å²) in [5.74, 6) is 0.675. The van der Waals surface area contributed by atoms with Crippen molar-refractivity contribution >= 4 is 52.2 Å². The minimum Gasteiger partial charge on any atom is -0.467 e. The van der Waals surface area contributed by atoms with Crippen molar-refractivity contribution in [2.45, 2.75) is 17.3 Å². The van der Waals surface area contributed by atoms with Gasteiger partial charge in [0.2, 0.25) is 11.8 Å². The lowest BCUT2D eigenvalue weighted by Gasteiger charge is -2.04. The second-order valence-electron chi connectivity index (χ2n) is 5.48. The van der Waals surface area contributed by atoms with Crippen molar-refractivity contribution in [2.75, 3.05) is 11.1 Å². The Morgan fingerprint density at radius 1 is 1.19 bits per heavy atom. The Morgan fingerprint density at radius 2 is 2.00 bits per heavy atom. The second kappa shape index (κ2) is 9.59. The number of aromatic nitrogens is 1. The van der Waals surface area contributed by atoms with Crippen LogP contribution in [0.5, 0.6) is 0 Å². The summed E-state index contributed by atoms with van der Waals surface area (Å²) in [6.07, 6.45) is 1.75. The van der Waals surface area contributed by atoms with E-state index in [-0.39, 0.29) is 24.0 Å². The number of hydrogen-bond donors (Lipinski definition) is 2. The van der Waals surface area contributed by atoms with Gasteiger partial charge in [0.25, 0.3) is 0 Å². The quantitative estimate of drug-likeness (QED) is 0.537. The average Bonchev–Trinajstić information content (AvgIpc) is 3.32. The number of benzene rings is 1. The normalized spacial score (nSPS) is 10.6. The molecule has 27 heavy (non-hydrogen) atoms. The lowest BCUT2D eigenvalue weighted by Crippen LogP contribution is -2.24. The van der Waals surface area contributed by atoms with Gasteiger partial charge in [-0.3, -0.25) is 9.59 Å². The van der Waals surface area contributed by atoms with E-state index in [1.54, 1.807) is 42.7 Å². The van der Waals surface area contributed by atoms with Crippen molar-refractivity contribution in [3.05, 3.63) is 64.5 Å². The Balaban J connectivity index is 1.41. The van der Waals surface area contributed by atoms with Crippen molar-refractivity contribution in [3.8, 4) is 0 Å². The van der Waals surface area contributed by atoms with Gasteiger partial charge in [-0.1, -0.05) is 23.4 Å². The minimum atomic E-state index is -0.131. The molecule has 0 atom stereocenters. The average molecular weight is 422 g/mol. The summed E-state index contributed by atoms with van der Waals surface area (Å²) in [6.45, 7) is 0.350. The van der Waals surface area contributed by atoms with E-state index < -0.39 is 0 Å². The SMILES string of the molecule is O=C(Cc1csc(SCC(=O)Nc2ccc(Cl)cc2)n1)NCc1ccco1. The van der Waals surface area contributed by atoms with E-state index in [0.717, 1.165) is 4.34 Å². The fourth-order valence-corrected chi connectivity index (χ4v) is 3.89. The summed E-state index contributed by atoms with van der Waals surface area (Å²) in [5.41, 5.74) is 1.37. The molecule has 0 spiro atoms. The van der Waals surface area contributed by atoms with Crippen LogP contribution in [0.25, 0.3) is 0 Å². The highest BCUT2D eigenvalue weighted by atomic mass is 35.5. The first kappa shape index (κ1) is 19.5. The number of nitrogens with zero attached hydrogens (tertiary/aromatic N) is 1. The van der Waals surface area contributed by atoms with E-state index in [1.807, 2.05) is 5.38 Å². The molecule has 3 rings (SSSR count). The van der Waals surface area contributed by atoms with E-state index in [1.165, 1.54) is 23.1 Å². The van der Waals surface area contributed by atoms with Crippen LogP contribution in [0.15, 0.2) is 56.8 Å². The van der Waals surface area contributed by atoms with Gasteiger partial charge in [0, 0.05) is 16.1 Å². The molecule has 0 radical (unpaired) electrons. The van der Waals surface area contributed by atoms with E-state index in [4.69, 9.17) is 16.0 Å². The van der Waals surface area contributed by atoms with Gasteiger partial charge in [-0.2, -0.15) is 0 Å². The molecule has 9 heteroatoms. The number of rotatable bonds is 8. The van der Waals surface area contributed by atoms with Crippen LogP contribution in [0.2, 0.25) is 5.02 Å². The molecule has 0 saturated carbocycles. The van der Waals surface area contributed by atoms with E-state index in [2.05, 4.69) is 15.6 Å². The molecule has 0 aliphatic heterocycles. The maximum atomic E-state index is 12.0. The summed E-state index contributed by atoms with van der Waals surface area (Å²) in [5, 5.41) is 8.01. The number of carbonyl (C=O) groups excluding carboxylic acids is 2. The first-order chi connectivity index (χ1) is 13.1. The lowest BCUT2D eigenvalue weighted by molar-refractivity contribution is -0.120. The maximum Gasteiger partial charge on any atom is 0.234 e. The van der Waals surface area contributed by atoms with Gasteiger partial charge < -0.3 is 15.1 Å². The van der Waals surface area contributed by atoms with Crippen LogP contribution in [-0.2, 0) is 22.6 Å². The van der Waals surface area contributed by atoms with E-state index >= 15 is 0 Å². The molecule has 3 aromatic rings. The highest BCUT2D eigenvalue weighted by Gasteiger charge is 2.10. The number of carbonyl (C=O) groups is 2. The summed E-state index contributed by atoms with van der Waals surface area (Å²) in [6, 6.07) is 10.5. The van der Waals surface area contributed by atoms with Gasteiger partial charge >= 0.3 is 0 Å². The first-order valence-corrected chi connectivity index (χ1v) is 10.2. The number of hydrogen-bond acceptors (Lipinski definition) is 6. The molecular formula is C18H16ClN3O3S2. The Kier molecular flexibility index (Phi) is 6.92. The predicted octanol–water partition coefficient (Wildman–Crippen LogP) is 3.98. The van der Waals surface area contributed by atoms with Gasteiger partial charge in [0.05, 0.1) is 30.7 Å². The highest BCUT2D eigenvalue weighted by molar-refractivity contribution is 8.01. The molecular weight excluding hydrogens is 406 g/mol. The monoisotopic (exact) mass is 421 g/mol. The molecule has 0 unspecified atom stereocenters. The van der Waals surface area contributed by atoms with Crippen molar-refractivity contribution < 1.29 is 14.0 Å². The standard InChI is InChI=1S/C18H16ClN3O3S2/c19-12-3-5-13(6-4-12)21-17(24)11-27-18-22-14(10-26-18)8-16(23)20-9-15-2-1-7-25-15/h1-7,10H,8-9,11H2,(H,20,23)(H,21,24). The summed E-state index contributed by atoms with van der Waals surface area (Å²) >= 11 is 8.56. The molecule has 6 nitrogen and oxygen atoms in total. The van der Waals surface area contributed by atoms with Gasteiger partial charge in [-0.15, -0.1) is 11.3 Å². The largest absolute Gasteiger partial charge is 0.467 e. The van der Waals surface area contributed by atoms with Crippen molar-refractivity contribution in [2.24, 2.45) is 0 Å². The van der Waals surface area contributed by atoms with Gasteiger partial charge in [-0.25, -0.2) is 4.98 Å². The number of nitrogens with one attached hydrogen (secondary N) is 2. The summed E-state index contributed by atoms with van der Waals surface area (Å²) < 4.78 is 5.91. The molecule has 1 aromatic carbocycles. The molecule has 0 aliphatic carbocycles. The van der Waals surface area contributed by atoms with Crippen LogP contribution < -0.4 is 10.6 Å². The molecule has 2 aromatic heterocycles. The van der Waals surface area contributed by atoms with Crippen LogP contribution >= 0.6 is 34.7 Å². The van der Waals surface area contributed by atoms with Crippen LogP contribution in [0.4, 0.5) is 5.69 Å². The van der Waals surface area contributed by atoms with Crippen molar-refractivity contribution in [1.29, 1.82) is 0 Å². The molecule has 0 aliphatic rings.